The summed E-state index contributed by atoms with van der Waals surface area (Å²) in [7, 11) is 0. The highest BCUT2D eigenvalue weighted by Crippen LogP contribution is 2.22. The molecule has 158 valence electrons. The second kappa shape index (κ2) is 8.73. The van der Waals surface area contributed by atoms with Crippen LogP contribution in [-0.4, -0.2) is 41.6 Å². The number of aromatic nitrogens is 6. The second-order valence-corrected chi connectivity index (χ2v) is 8.42. The molecule has 0 bridgehead atoms. The highest BCUT2D eigenvalue weighted by Gasteiger charge is 2.15. The van der Waals surface area contributed by atoms with E-state index in [0.717, 1.165) is 33.8 Å². The van der Waals surface area contributed by atoms with E-state index in [2.05, 4.69) is 32.0 Å². The minimum Gasteiger partial charge on any atom is -0.310 e. The summed E-state index contributed by atoms with van der Waals surface area (Å²) >= 11 is 1.28. The van der Waals surface area contributed by atoms with Crippen molar-refractivity contribution in [3.63, 3.8) is 0 Å². The topological polar surface area (TPSA) is 90.5 Å². The van der Waals surface area contributed by atoms with Gasteiger partial charge in [0, 0.05) is 6.07 Å². The van der Waals surface area contributed by atoms with Crippen molar-refractivity contribution in [3.05, 3.63) is 70.9 Å². The number of aryl methyl sites for hydroxylation is 4. The third-order valence-corrected chi connectivity index (χ3v) is 5.52. The fourth-order valence-corrected chi connectivity index (χ4v) is 3.98. The van der Waals surface area contributed by atoms with Crippen molar-refractivity contribution < 1.29 is 4.79 Å². The Bertz CT molecular complexity index is 1210. The van der Waals surface area contributed by atoms with E-state index in [1.54, 1.807) is 9.36 Å². The van der Waals surface area contributed by atoms with Crippen LogP contribution in [0.15, 0.2) is 53.7 Å². The summed E-state index contributed by atoms with van der Waals surface area (Å²) in [5, 5.41) is 19.9. The SMILES string of the molecule is Cc1ccc(-n2nc(C)cc2NC(=O)CSc2nnnn2-c2cc(C)cc(C)c2)cc1. The molecule has 4 rings (SSSR count). The first-order valence-electron chi connectivity index (χ1n) is 9.82. The molecular weight excluding hydrogens is 410 g/mol. The molecule has 0 saturated carbocycles. The standard InChI is InChI=1S/C22H23N7OS/c1-14-5-7-18(8-6-14)28-20(12-17(4)25-28)23-21(30)13-31-22-24-26-27-29(22)19-10-15(2)9-16(3)11-19/h5-12H,13H2,1-4H3,(H,23,30). The van der Waals surface area contributed by atoms with E-state index in [1.807, 2.05) is 70.2 Å². The smallest absolute Gasteiger partial charge is 0.236 e. The largest absolute Gasteiger partial charge is 0.310 e. The van der Waals surface area contributed by atoms with E-state index in [4.69, 9.17) is 0 Å². The Kier molecular flexibility index (Phi) is 5.85. The van der Waals surface area contributed by atoms with Gasteiger partial charge in [0.05, 0.1) is 22.8 Å². The molecule has 1 N–H and O–H groups in total. The number of hydrogen-bond donors (Lipinski definition) is 1. The van der Waals surface area contributed by atoms with Crippen LogP contribution in [0.1, 0.15) is 22.4 Å². The Morgan fingerprint density at radius 1 is 0.903 bits per heavy atom. The predicted molar refractivity (Wildman–Crippen MR) is 121 cm³/mol. The van der Waals surface area contributed by atoms with E-state index in [1.165, 1.54) is 11.8 Å². The Labute approximate surface area is 184 Å². The van der Waals surface area contributed by atoms with Crippen molar-refractivity contribution in [2.45, 2.75) is 32.9 Å². The van der Waals surface area contributed by atoms with E-state index in [0.29, 0.717) is 11.0 Å². The van der Waals surface area contributed by atoms with Gasteiger partial charge in [-0.25, -0.2) is 4.68 Å². The maximum atomic E-state index is 12.7. The van der Waals surface area contributed by atoms with Gasteiger partial charge in [0.1, 0.15) is 5.82 Å². The quantitative estimate of drug-likeness (QED) is 0.465. The minimum atomic E-state index is -0.159. The average molecular weight is 434 g/mol. The first-order chi connectivity index (χ1) is 14.9. The lowest BCUT2D eigenvalue weighted by Crippen LogP contribution is -2.17. The number of tetrazole rings is 1. The van der Waals surface area contributed by atoms with Gasteiger partial charge in [-0.3, -0.25) is 4.79 Å². The zero-order valence-corrected chi connectivity index (χ0v) is 18.6. The summed E-state index contributed by atoms with van der Waals surface area (Å²) < 4.78 is 3.38. The molecule has 8 nitrogen and oxygen atoms in total. The van der Waals surface area contributed by atoms with Gasteiger partial charge in [-0.2, -0.15) is 9.78 Å². The number of hydrogen-bond acceptors (Lipinski definition) is 6. The van der Waals surface area contributed by atoms with Crippen molar-refractivity contribution in [2.24, 2.45) is 0 Å². The first kappa shape index (κ1) is 20.8. The number of anilines is 1. The molecule has 2 aromatic carbocycles. The van der Waals surface area contributed by atoms with Crippen LogP contribution in [0.2, 0.25) is 0 Å². The average Bonchev–Trinajstić information content (AvgIpc) is 3.32. The Hall–Kier alpha value is -3.46. The van der Waals surface area contributed by atoms with Crippen LogP contribution < -0.4 is 5.32 Å². The lowest BCUT2D eigenvalue weighted by molar-refractivity contribution is -0.113. The Balaban J connectivity index is 1.47. The molecule has 9 heteroatoms. The molecule has 0 aliphatic carbocycles. The van der Waals surface area contributed by atoms with Crippen LogP contribution in [0.25, 0.3) is 11.4 Å². The van der Waals surface area contributed by atoms with Crippen LogP contribution in [0.4, 0.5) is 5.82 Å². The zero-order chi connectivity index (χ0) is 22.0. The molecular formula is C22H23N7OS. The molecule has 1 amide bonds. The molecule has 0 atom stereocenters. The Morgan fingerprint density at radius 3 is 2.32 bits per heavy atom. The third kappa shape index (κ3) is 4.83. The molecule has 4 aromatic rings. The normalized spacial score (nSPS) is 11.0. The summed E-state index contributed by atoms with van der Waals surface area (Å²) in [6.07, 6.45) is 0. The van der Waals surface area contributed by atoms with Gasteiger partial charge in [0.15, 0.2) is 0 Å². The van der Waals surface area contributed by atoms with Gasteiger partial charge < -0.3 is 5.32 Å². The van der Waals surface area contributed by atoms with Gasteiger partial charge in [-0.05, 0) is 73.5 Å². The number of carbonyl (C=O) groups excluding carboxylic acids is 1. The number of carbonyl (C=O) groups is 1. The molecule has 31 heavy (non-hydrogen) atoms. The maximum Gasteiger partial charge on any atom is 0.236 e. The van der Waals surface area contributed by atoms with Gasteiger partial charge >= 0.3 is 0 Å². The third-order valence-electron chi connectivity index (χ3n) is 4.60. The summed E-state index contributed by atoms with van der Waals surface area (Å²) in [5.74, 6) is 0.637. The number of thioether (sulfide) groups is 1. The van der Waals surface area contributed by atoms with E-state index >= 15 is 0 Å². The number of benzene rings is 2. The highest BCUT2D eigenvalue weighted by atomic mass is 32.2. The Morgan fingerprint density at radius 2 is 1.61 bits per heavy atom. The van der Waals surface area contributed by atoms with Crippen LogP contribution >= 0.6 is 11.8 Å². The van der Waals surface area contributed by atoms with Crippen LogP contribution in [0, 0.1) is 27.7 Å². The van der Waals surface area contributed by atoms with Crippen LogP contribution in [0.5, 0.6) is 0 Å². The molecule has 0 unspecified atom stereocenters. The molecule has 0 fully saturated rings. The first-order valence-corrected chi connectivity index (χ1v) is 10.8. The number of rotatable bonds is 6. The summed E-state index contributed by atoms with van der Waals surface area (Å²) in [6.45, 7) is 7.98. The van der Waals surface area contributed by atoms with Crippen molar-refractivity contribution in [1.82, 2.24) is 30.0 Å². The van der Waals surface area contributed by atoms with Crippen molar-refractivity contribution in [3.8, 4) is 11.4 Å². The minimum absolute atomic E-state index is 0.159. The van der Waals surface area contributed by atoms with Crippen molar-refractivity contribution in [2.75, 3.05) is 11.1 Å². The molecule has 0 saturated heterocycles. The van der Waals surface area contributed by atoms with Crippen LogP contribution in [0.3, 0.4) is 0 Å². The molecule has 0 spiro atoms. The number of nitrogens with zero attached hydrogens (tertiary/aromatic N) is 6. The lowest BCUT2D eigenvalue weighted by atomic mass is 10.1. The molecule has 0 aliphatic heterocycles. The van der Waals surface area contributed by atoms with Crippen LogP contribution in [-0.2, 0) is 4.79 Å². The molecule has 2 heterocycles. The summed E-state index contributed by atoms with van der Waals surface area (Å²) in [4.78, 5) is 12.7. The van der Waals surface area contributed by atoms with Gasteiger partial charge in [0.2, 0.25) is 11.1 Å². The van der Waals surface area contributed by atoms with Gasteiger partial charge in [0.25, 0.3) is 0 Å². The number of amides is 1. The molecule has 2 aromatic heterocycles. The van der Waals surface area contributed by atoms with Crippen molar-refractivity contribution >= 4 is 23.5 Å². The lowest BCUT2D eigenvalue weighted by Gasteiger charge is -2.09. The monoisotopic (exact) mass is 433 g/mol. The maximum absolute atomic E-state index is 12.7. The van der Waals surface area contributed by atoms with Gasteiger partial charge in [-0.1, -0.05) is 35.5 Å². The molecule has 0 aliphatic rings. The number of nitrogens with one attached hydrogen (secondary N) is 1. The fourth-order valence-electron chi connectivity index (χ4n) is 3.28. The zero-order valence-electron chi connectivity index (χ0n) is 17.8. The summed E-state index contributed by atoms with van der Waals surface area (Å²) in [6, 6.07) is 15.9. The summed E-state index contributed by atoms with van der Waals surface area (Å²) in [5.41, 5.74) is 6.00. The predicted octanol–water partition coefficient (Wildman–Crippen LogP) is 3.81. The highest BCUT2D eigenvalue weighted by molar-refractivity contribution is 7.99. The van der Waals surface area contributed by atoms with E-state index < -0.39 is 0 Å². The molecule has 0 radical (unpaired) electrons. The van der Waals surface area contributed by atoms with E-state index in [-0.39, 0.29) is 11.7 Å². The van der Waals surface area contributed by atoms with Crippen molar-refractivity contribution in [1.29, 1.82) is 0 Å². The van der Waals surface area contributed by atoms with Gasteiger partial charge in [-0.15, -0.1) is 5.10 Å². The van der Waals surface area contributed by atoms with E-state index in [9.17, 15) is 4.79 Å². The fraction of sp³-hybridized carbons (Fsp3) is 0.227. The second-order valence-electron chi connectivity index (χ2n) is 7.47.